The fourth-order valence-electron chi connectivity index (χ4n) is 1.02. The summed E-state index contributed by atoms with van der Waals surface area (Å²) in [5, 5.41) is 3.42. The highest BCUT2D eigenvalue weighted by Crippen LogP contribution is 2.07. The SMILES string of the molecule is COc1cccc(C=CCCN=[N+]=[N-])n1. The lowest BCUT2D eigenvalue weighted by molar-refractivity contribution is 0.397. The third-order valence-electron chi connectivity index (χ3n) is 1.70. The van der Waals surface area contributed by atoms with Gasteiger partial charge in [0.2, 0.25) is 5.88 Å². The molecule has 0 bridgehead atoms. The minimum atomic E-state index is 0.469. The third kappa shape index (κ3) is 4.15. The molecule has 5 heteroatoms. The molecule has 0 aliphatic heterocycles. The average molecular weight is 204 g/mol. The first-order valence-corrected chi connectivity index (χ1v) is 4.55. The molecule has 1 rings (SSSR count). The highest BCUT2D eigenvalue weighted by atomic mass is 16.5. The molecule has 0 amide bonds. The molecule has 0 saturated carbocycles. The Morgan fingerprint density at radius 2 is 2.47 bits per heavy atom. The summed E-state index contributed by atoms with van der Waals surface area (Å²) in [5.74, 6) is 0.590. The van der Waals surface area contributed by atoms with Crippen LogP contribution in [-0.2, 0) is 0 Å². The van der Waals surface area contributed by atoms with E-state index in [9.17, 15) is 0 Å². The Hall–Kier alpha value is -2.00. The molecule has 0 N–H and O–H groups in total. The summed E-state index contributed by atoms with van der Waals surface area (Å²) in [6.45, 7) is 0.469. The van der Waals surface area contributed by atoms with Crippen molar-refractivity contribution in [3.05, 3.63) is 40.4 Å². The van der Waals surface area contributed by atoms with Gasteiger partial charge in [0.05, 0.1) is 12.8 Å². The Kier molecular flexibility index (Phi) is 4.77. The first-order chi connectivity index (χ1) is 7.36. The van der Waals surface area contributed by atoms with Gasteiger partial charge in [0.15, 0.2) is 0 Å². The van der Waals surface area contributed by atoms with Crippen LogP contribution >= 0.6 is 0 Å². The molecular formula is C10H12N4O. The van der Waals surface area contributed by atoms with Crippen molar-refractivity contribution in [1.29, 1.82) is 0 Å². The van der Waals surface area contributed by atoms with Crippen LogP contribution < -0.4 is 4.74 Å². The zero-order valence-corrected chi connectivity index (χ0v) is 8.50. The Labute approximate surface area is 88.0 Å². The van der Waals surface area contributed by atoms with Crippen LogP contribution in [0.1, 0.15) is 12.1 Å². The number of hydrogen-bond donors (Lipinski definition) is 0. The quantitative estimate of drug-likeness (QED) is 0.320. The summed E-state index contributed by atoms with van der Waals surface area (Å²) in [7, 11) is 1.58. The van der Waals surface area contributed by atoms with Crippen molar-refractivity contribution < 1.29 is 4.74 Å². The van der Waals surface area contributed by atoms with Crippen LogP contribution in [0.3, 0.4) is 0 Å². The zero-order valence-electron chi connectivity index (χ0n) is 8.50. The van der Waals surface area contributed by atoms with Crippen LogP contribution in [0.4, 0.5) is 0 Å². The molecule has 0 aliphatic carbocycles. The van der Waals surface area contributed by atoms with Crippen molar-refractivity contribution in [3.8, 4) is 5.88 Å². The van der Waals surface area contributed by atoms with E-state index in [0.29, 0.717) is 18.8 Å². The molecular weight excluding hydrogens is 192 g/mol. The maximum atomic E-state index is 8.06. The van der Waals surface area contributed by atoms with E-state index in [1.807, 2.05) is 24.3 Å². The lowest BCUT2D eigenvalue weighted by Crippen LogP contribution is -1.88. The summed E-state index contributed by atoms with van der Waals surface area (Å²) >= 11 is 0. The van der Waals surface area contributed by atoms with E-state index in [4.69, 9.17) is 10.3 Å². The molecule has 0 unspecified atom stereocenters. The molecule has 0 saturated heterocycles. The minimum Gasteiger partial charge on any atom is -0.481 e. The topological polar surface area (TPSA) is 70.9 Å². The van der Waals surface area contributed by atoms with Crippen molar-refractivity contribution in [1.82, 2.24) is 4.98 Å². The van der Waals surface area contributed by atoms with Crippen LogP contribution in [0.25, 0.3) is 16.5 Å². The number of aromatic nitrogens is 1. The van der Waals surface area contributed by atoms with Gasteiger partial charge in [0, 0.05) is 17.5 Å². The standard InChI is InChI=1S/C10H12N4O/c1-15-10-7-4-6-9(13-10)5-2-3-8-12-14-11/h2,4-7H,3,8H2,1H3. The molecule has 0 atom stereocenters. The summed E-state index contributed by atoms with van der Waals surface area (Å²) in [6.07, 6.45) is 4.49. The number of hydrogen-bond acceptors (Lipinski definition) is 3. The van der Waals surface area contributed by atoms with Gasteiger partial charge in [-0.3, -0.25) is 0 Å². The van der Waals surface area contributed by atoms with Crippen molar-refractivity contribution in [3.63, 3.8) is 0 Å². The minimum absolute atomic E-state index is 0.469. The zero-order chi connectivity index (χ0) is 10.9. The molecule has 5 nitrogen and oxygen atoms in total. The summed E-state index contributed by atoms with van der Waals surface area (Å²) in [4.78, 5) is 6.86. The Morgan fingerprint density at radius 3 is 3.20 bits per heavy atom. The van der Waals surface area contributed by atoms with Gasteiger partial charge < -0.3 is 4.74 Å². The van der Waals surface area contributed by atoms with E-state index in [0.717, 1.165) is 5.69 Å². The van der Waals surface area contributed by atoms with Crippen molar-refractivity contribution in [2.45, 2.75) is 6.42 Å². The first kappa shape index (κ1) is 11.1. The summed E-state index contributed by atoms with van der Waals surface area (Å²) in [5.41, 5.74) is 8.89. The van der Waals surface area contributed by atoms with Crippen LogP contribution in [0.15, 0.2) is 29.4 Å². The largest absolute Gasteiger partial charge is 0.481 e. The predicted octanol–water partition coefficient (Wildman–Crippen LogP) is 2.80. The highest BCUT2D eigenvalue weighted by molar-refractivity contribution is 5.45. The molecule has 0 radical (unpaired) electrons. The summed E-state index contributed by atoms with van der Waals surface area (Å²) in [6, 6.07) is 5.54. The normalized spacial score (nSPS) is 9.93. The third-order valence-corrected chi connectivity index (χ3v) is 1.70. The average Bonchev–Trinajstić information content (AvgIpc) is 2.29. The molecule has 1 aromatic rings. The lowest BCUT2D eigenvalue weighted by Gasteiger charge is -1.98. The molecule has 78 valence electrons. The van der Waals surface area contributed by atoms with E-state index < -0.39 is 0 Å². The van der Waals surface area contributed by atoms with Crippen molar-refractivity contribution in [2.24, 2.45) is 5.11 Å². The molecule has 0 spiro atoms. The van der Waals surface area contributed by atoms with E-state index in [1.165, 1.54) is 0 Å². The Morgan fingerprint density at radius 1 is 1.60 bits per heavy atom. The van der Waals surface area contributed by atoms with Gasteiger partial charge in [0.1, 0.15) is 0 Å². The number of methoxy groups -OCH3 is 1. The fraction of sp³-hybridized carbons (Fsp3) is 0.300. The van der Waals surface area contributed by atoms with Gasteiger partial charge >= 0.3 is 0 Å². The monoisotopic (exact) mass is 204 g/mol. The molecule has 0 fully saturated rings. The van der Waals surface area contributed by atoms with Crippen LogP contribution in [0, 0.1) is 0 Å². The second-order valence-electron chi connectivity index (χ2n) is 2.75. The number of ether oxygens (including phenoxy) is 1. The fourth-order valence-corrected chi connectivity index (χ4v) is 1.02. The van der Waals surface area contributed by atoms with E-state index in [1.54, 1.807) is 13.2 Å². The van der Waals surface area contributed by atoms with Crippen molar-refractivity contribution in [2.75, 3.05) is 13.7 Å². The summed E-state index contributed by atoms with van der Waals surface area (Å²) < 4.78 is 4.99. The second kappa shape index (κ2) is 6.45. The van der Waals surface area contributed by atoms with Crippen molar-refractivity contribution >= 4 is 6.08 Å². The van der Waals surface area contributed by atoms with Gasteiger partial charge in [-0.15, -0.1) is 0 Å². The van der Waals surface area contributed by atoms with Gasteiger partial charge in [-0.25, -0.2) is 4.98 Å². The molecule has 1 heterocycles. The number of nitrogens with zero attached hydrogens (tertiary/aromatic N) is 4. The molecule has 0 aliphatic rings. The van der Waals surface area contributed by atoms with Gasteiger partial charge in [-0.1, -0.05) is 17.3 Å². The number of rotatable bonds is 5. The number of pyridine rings is 1. The van der Waals surface area contributed by atoms with E-state index in [2.05, 4.69) is 15.0 Å². The van der Waals surface area contributed by atoms with Crippen LogP contribution in [0.2, 0.25) is 0 Å². The lowest BCUT2D eigenvalue weighted by atomic mass is 10.3. The number of azide groups is 1. The van der Waals surface area contributed by atoms with Gasteiger partial charge in [0.25, 0.3) is 0 Å². The predicted molar refractivity (Wildman–Crippen MR) is 58.5 cm³/mol. The van der Waals surface area contributed by atoms with Crippen LogP contribution in [0.5, 0.6) is 5.88 Å². The second-order valence-corrected chi connectivity index (χ2v) is 2.75. The Bertz CT molecular complexity index is 383. The maximum Gasteiger partial charge on any atom is 0.213 e. The maximum absolute atomic E-state index is 8.06. The Balaban J connectivity index is 2.52. The first-order valence-electron chi connectivity index (χ1n) is 4.55. The molecule has 15 heavy (non-hydrogen) atoms. The highest BCUT2D eigenvalue weighted by Gasteiger charge is 1.92. The van der Waals surface area contributed by atoms with Gasteiger partial charge in [-0.2, -0.15) is 0 Å². The molecule has 1 aromatic heterocycles. The smallest absolute Gasteiger partial charge is 0.213 e. The van der Waals surface area contributed by atoms with E-state index >= 15 is 0 Å². The molecule has 0 aromatic carbocycles. The van der Waals surface area contributed by atoms with Gasteiger partial charge in [-0.05, 0) is 24.1 Å². The van der Waals surface area contributed by atoms with Crippen LogP contribution in [-0.4, -0.2) is 18.6 Å². The van der Waals surface area contributed by atoms with E-state index in [-0.39, 0.29) is 0 Å².